The van der Waals surface area contributed by atoms with Crippen molar-refractivity contribution in [3.05, 3.63) is 0 Å². The zero-order chi connectivity index (χ0) is 17.9. The minimum Gasteiger partial charge on any atom is -0.381 e. The molecule has 1 spiro atoms. The van der Waals surface area contributed by atoms with Crippen molar-refractivity contribution in [2.24, 2.45) is 5.92 Å². The highest BCUT2D eigenvalue weighted by molar-refractivity contribution is 5.77. The number of ether oxygens (including phenoxy) is 1. The summed E-state index contributed by atoms with van der Waals surface area (Å²) in [6.07, 6.45) is 5.45. The first-order valence-corrected chi connectivity index (χ1v) is 9.88. The molecule has 2 heterocycles. The number of nitrogens with zero attached hydrogens (tertiary/aromatic N) is 3. The van der Waals surface area contributed by atoms with E-state index in [2.05, 4.69) is 16.8 Å². The first-order chi connectivity index (χ1) is 12.0. The standard InChI is InChI=1S/C19H33N3O3/c1-3-25-13-7-18(24)22-12-11-20(2)19(15-22)8-6-17(23)21(10-9-19)14-16-4-5-16/h16H,3-15H2,1-2H3. The third-order valence-corrected chi connectivity index (χ3v) is 6.20. The highest BCUT2D eigenvalue weighted by Gasteiger charge is 2.43. The van der Waals surface area contributed by atoms with Crippen molar-refractivity contribution in [1.29, 1.82) is 0 Å². The third kappa shape index (κ3) is 4.53. The van der Waals surface area contributed by atoms with E-state index in [1.54, 1.807) is 0 Å². The van der Waals surface area contributed by atoms with Crippen LogP contribution in [0.25, 0.3) is 0 Å². The Balaban J connectivity index is 1.61. The summed E-state index contributed by atoms with van der Waals surface area (Å²) in [5, 5.41) is 0. The van der Waals surface area contributed by atoms with Crippen LogP contribution in [0.2, 0.25) is 0 Å². The molecule has 6 heteroatoms. The summed E-state index contributed by atoms with van der Waals surface area (Å²) in [6, 6.07) is 0. The van der Waals surface area contributed by atoms with Gasteiger partial charge in [0.05, 0.1) is 13.0 Å². The highest BCUT2D eigenvalue weighted by atomic mass is 16.5. The number of carbonyl (C=O) groups excluding carboxylic acids is 2. The van der Waals surface area contributed by atoms with Crippen LogP contribution >= 0.6 is 0 Å². The Bertz CT molecular complexity index is 494. The number of hydrogen-bond donors (Lipinski definition) is 0. The lowest BCUT2D eigenvalue weighted by Gasteiger charge is -2.49. The lowest BCUT2D eigenvalue weighted by Crippen LogP contribution is -2.62. The van der Waals surface area contributed by atoms with Gasteiger partial charge >= 0.3 is 0 Å². The molecule has 1 unspecified atom stereocenters. The van der Waals surface area contributed by atoms with Crippen LogP contribution in [0.5, 0.6) is 0 Å². The summed E-state index contributed by atoms with van der Waals surface area (Å²) in [6.45, 7) is 7.29. The van der Waals surface area contributed by atoms with Crippen LogP contribution in [0.3, 0.4) is 0 Å². The molecule has 1 atom stereocenters. The lowest BCUT2D eigenvalue weighted by molar-refractivity contribution is -0.138. The molecule has 3 rings (SSSR count). The molecule has 0 bridgehead atoms. The van der Waals surface area contributed by atoms with E-state index >= 15 is 0 Å². The van der Waals surface area contributed by atoms with Gasteiger partial charge in [0.25, 0.3) is 0 Å². The minimum atomic E-state index is -0.0481. The molecule has 2 saturated heterocycles. The molecule has 3 fully saturated rings. The number of piperazine rings is 1. The summed E-state index contributed by atoms with van der Waals surface area (Å²) in [5.74, 6) is 1.22. The topological polar surface area (TPSA) is 53.1 Å². The van der Waals surface area contributed by atoms with E-state index in [4.69, 9.17) is 4.74 Å². The van der Waals surface area contributed by atoms with Crippen LogP contribution in [-0.4, -0.2) is 85.0 Å². The Labute approximate surface area is 151 Å². The van der Waals surface area contributed by atoms with Gasteiger partial charge in [0.15, 0.2) is 0 Å². The second-order valence-corrected chi connectivity index (χ2v) is 7.94. The number of rotatable bonds is 6. The summed E-state index contributed by atoms with van der Waals surface area (Å²) in [5.41, 5.74) is -0.0481. The molecular weight excluding hydrogens is 318 g/mol. The average Bonchev–Trinajstić information content (AvgIpc) is 3.43. The van der Waals surface area contributed by atoms with Crippen molar-refractivity contribution >= 4 is 11.8 Å². The zero-order valence-electron chi connectivity index (χ0n) is 15.8. The minimum absolute atomic E-state index is 0.0481. The maximum absolute atomic E-state index is 12.5. The normalized spacial score (nSPS) is 28.5. The highest BCUT2D eigenvalue weighted by Crippen LogP contribution is 2.35. The number of likely N-dealkylation sites (tertiary alicyclic amines) is 1. The fourth-order valence-corrected chi connectivity index (χ4v) is 4.17. The first-order valence-electron chi connectivity index (χ1n) is 9.88. The Morgan fingerprint density at radius 2 is 2.04 bits per heavy atom. The third-order valence-electron chi connectivity index (χ3n) is 6.20. The average molecular weight is 351 g/mol. The van der Waals surface area contributed by atoms with E-state index in [0.29, 0.717) is 32.0 Å². The summed E-state index contributed by atoms with van der Waals surface area (Å²) in [4.78, 5) is 31.5. The molecule has 0 aromatic heterocycles. The van der Waals surface area contributed by atoms with Gasteiger partial charge in [-0.2, -0.15) is 0 Å². The fourth-order valence-electron chi connectivity index (χ4n) is 4.17. The SMILES string of the molecule is CCOCCC(=O)N1CCN(C)C2(CCC(=O)N(CC3CC3)CC2)C1. The van der Waals surface area contributed by atoms with Gasteiger partial charge in [-0.3, -0.25) is 14.5 Å². The molecule has 25 heavy (non-hydrogen) atoms. The number of likely N-dealkylation sites (N-methyl/N-ethyl adjacent to an activating group) is 1. The summed E-state index contributed by atoms with van der Waals surface area (Å²) < 4.78 is 5.33. The molecule has 3 aliphatic rings. The van der Waals surface area contributed by atoms with Crippen LogP contribution in [0, 0.1) is 5.92 Å². The maximum Gasteiger partial charge on any atom is 0.224 e. The summed E-state index contributed by atoms with van der Waals surface area (Å²) >= 11 is 0. The van der Waals surface area contributed by atoms with Gasteiger partial charge in [-0.25, -0.2) is 0 Å². The number of amides is 2. The van der Waals surface area contributed by atoms with Crippen molar-refractivity contribution < 1.29 is 14.3 Å². The Morgan fingerprint density at radius 3 is 2.76 bits per heavy atom. The first kappa shape index (κ1) is 18.6. The number of hydrogen-bond acceptors (Lipinski definition) is 4. The van der Waals surface area contributed by atoms with Gasteiger partial charge in [0, 0.05) is 51.3 Å². The second-order valence-electron chi connectivity index (χ2n) is 7.94. The molecule has 0 aromatic carbocycles. The molecule has 2 amide bonds. The quantitative estimate of drug-likeness (QED) is 0.678. The molecule has 6 nitrogen and oxygen atoms in total. The monoisotopic (exact) mass is 351 g/mol. The van der Waals surface area contributed by atoms with E-state index in [9.17, 15) is 9.59 Å². The summed E-state index contributed by atoms with van der Waals surface area (Å²) in [7, 11) is 2.16. The molecule has 1 aliphatic carbocycles. The van der Waals surface area contributed by atoms with E-state index < -0.39 is 0 Å². The lowest BCUT2D eigenvalue weighted by atomic mass is 9.86. The Morgan fingerprint density at radius 1 is 1.24 bits per heavy atom. The van der Waals surface area contributed by atoms with Gasteiger partial charge in [-0.1, -0.05) is 0 Å². The molecule has 1 saturated carbocycles. The second kappa shape index (κ2) is 8.04. The van der Waals surface area contributed by atoms with Gasteiger partial charge in [-0.05, 0) is 45.6 Å². The molecule has 142 valence electrons. The van der Waals surface area contributed by atoms with Crippen LogP contribution in [0.4, 0.5) is 0 Å². The molecular formula is C19H33N3O3. The van der Waals surface area contributed by atoms with Crippen LogP contribution < -0.4 is 0 Å². The van der Waals surface area contributed by atoms with Crippen molar-refractivity contribution in [1.82, 2.24) is 14.7 Å². The van der Waals surface area contributed by atoms with Crippen molar-refractivity contribution in [3.8, 4) is 0 Å². The van der Waals surface area contributed by atoms with E-state index in [1.807, 2.05) is 11.8 Å². The Hall–Kier alpha value is -1.14. The van der Waals surface area contributed by atoms with Crippen LogP contribution in [0.1, 0.15) is 45.4 Å². The van der Waals surface area contributed by atoms with Crippen molar-refractivity contribution in [3.63, 3.8) is 0 Å². The van der Waals surface area contributed by atoms with Gasteiger partial charge < -0.3 is 14.5 Å². The van der Waals surface area contributed by atoms with Gasteiger partial charge in [0.2, 0.25) is 11.8 Å². The van der Waals surface area contributed by atoms with E-state index in [1.165, 1.54) is 12.8 Å². The predicted octanol–water partition coefficient (Wildman–Crippen LogP) is 1.35. The van der Waals surface area contributed by atoms with Crippen LogP contribution in [0.15, 0.2) is 0 Å². The molecule has 0 N–H and O–H groups in total. The van der Waals surface area contributed by atoms with Crippen molar-refractivity contribution in [2.75, 3.05) is 53.0 Å². The van der Waals surface area contributed by atoms with Gasteiger partial charge in [0.1, 0.15) is 0 Å². The maximum atomic E-state index is 12.5. The van der Waals surface area contributed by atoms with E-state index in [-0.39, 0.29) is 11.4 Å². The largest absolute Gasteiger partial charge is 0.381 e. The predicted molar refractivity (Wildman–Crippen MR) is 96.2 cm³/mol. The Kier molecular flexibility index (Phi) is 6.00. The number of carbonyl (C=O) groups is 2. The van der Waals surface area contributed by atoms with E-state index in [0.717, 1.165) is 51.5 Å². The van der Waals surface area contributed by atoms with Crippen LogP contribution in [-0.2, 0) is 14.3 Å². The van der Waals surface area contributed by atoms with Gasteiger partial charge in [-0.15, -0.1) is 0 Å². The molecule has 0 radical (unpaired) electrons. The zero-order valence-corrected chi connectivity index (χ0v) is 15.8. The smallest absolute Gasteiger partial charge is 0.224 e. The molecule has 2 aliphatic heterocycles. The van der Waals surface area contributed by atoms with Crippen molar-refractivity contribution in [2.45, 2.75) is 51.0 Å². The fraction of sp³-hybridized carbons (Fsp3) is 0.895. The molecule has 0 aromatic rings.